The van der Waals surface area contributed by atoms with Crippen LogP contribution in [0, 0.1) is 6.92 Å². The van der Waals surface area contributed by atoms with Gasteiger partial charge in [0, 0.05) is 31.4 Å². The van der Waals surface area contributed by atoms with Crippen LogP contribution in [0.2, 0.25) is 0 Å². The number of anilines is 3. The fraction of sp³-hybridized carbons (Fsp3) is 0.389. The van der Waals surface area contributed by atoms with Crippen LogP contribution in [-0.2, 0) is 13.1 Å². The van der Waals surface area contributed by atoms with Gasteiger partial charge in [-0.25, -0.2) is 4.98 Å². The van der Waals surface area contributed by atoms with E-state index in [1.54, 1.807) is 6.33 Å². The maximum absolute atomic E-state index is 6.08. The zero-order valence-corrected chi connectivity index (χ0v) is 15.5. The van der Waals surface area contributed by atoms with E-state index in [0.29, 0.717) is 24.9 Å². The molecule has 0 aliphatic rings. The number of aryl methyl sites for hydroxylation is 2. The lowest BCUT2D eigenvalue weighted by Gasteiger charge is -2.12. The summed E-state index contributed by atoms with van der Waals surface area (Å²) >= 11 is 0. The van der Waals surface area contributed by atoms with E-state index in [1.807, 2.05) is 30.5 Å². The molecule has 0 bridgehead atoms. The smallest absolute Gasteiger partial charge is 0.226 e. The Morgan fingerprint density at radius 3 is 2.77 bits per heavy atom. The summed E-state index contributed by atoms with van der Waals surface area (Å²) in [6.07, 6.45) is 1.78. The standard InChI is InChI=1S/C18H26N8/c1-4-26-10-23-15-16(21-9-13-7-11(2)5-6-14(13)20)24-18(25-17(15)26)22-8-12(3)19/h5-7,10,12H,4,8-9,19-20H2,1-3H3,(H2,21,22,24,25). The number of imidazole rings is 1. The molecular weight excluding hydrogens is 328 g/mol. The summed E-state index contributed by atoms with van der Waals surface area (Å²) in [5.41, 5.74) is 16.4. The molecule has 8 heteroatoms. The van der Waals surface area contributed by atoms with Crippen LogP contribution >= 0.6 is 0 Å². The Kier molecular flexibility index (Phi) is 5.22. The fourth-order valence-corrected chi connectivity index (χ4v) is 2.70. The van der Waals surface area contributed by atoms with Crippen molar-refractivity contribution in [2.24, 2.45) is 5.73 Å². The number of rotatable bonds is 7. The Morgan fingerprint density at radius 1 is 1.23 bits per heavy atom. The van der Waals surface area contributed by atoms with Gasteiger partial charge in [-0.1, -0.05) is 17.7 Å². The van der Waals surface area contributed by atoms with Crippen LogP contribution in [0.5, 0.6) is 0 Å². The molecule has 1 atom stereocenters. The number of aromatic nitrogens is 4. The second-order valence-corrected chi connectivity index (χ2v) is 6.51. The van der Waals surface area contributed by atoms with Gasteiger partial charge in [-0.05, 0) is 32.4 Å². The molecule has 3 rings (SSSR count). The number of nitrogens with zero attached hydrogens (tertiary/aromatic N) is 4. The summed E-state index contributed by atoms with van der Waals surface area (Å²) < 4.78 is 1.99. The third kappa shape index (κ3) is 3.85. The van der Waals surface area contributed by atoms with Crippen LogP contribution in [0.3, 0.4) is 0 Å². The van der Waals surface area contributed by atoms with Gasteiger partial charge in [-0.2, -0.15) is 9.97 Å². The summed E-state index contributed by atoms with van der Waals surface area (Å²) in [5, 5.41) is 6.54. The molecule has 0 amide bonds. The average Bonchev–Trinajstić information content (AvgIpc) is 3.03. The number of nitrogens with two attached hydrogens (primary N) is 2. The lowest BCUT2D eigenvalue weighted by molar-refractivity contribution is 0.766. The molecule has 0 saturated heterocycles. The molecular formula is C18H26N8. The van der Waals surface area contributed by atoms with Crippen LogP contribution in [0.25, 0.3) is 11.2 Å². The highest BCUT2D eigenvalue weighted by atomic mass is 15.2. The van der Waals surface area contributed by atoms with Gasteiger partial charge in [-0.15, -0.1) is 0 Å². The first-order chi connectivity index (χ1) is 12.5. The molecule has 0 fully saturated rings. The van der Waals surface area contributed by atoms with Gasteiger partial charge in [0.1, 0.15) is 0 Å². The van der Waals surface area contributed by atoms with Gasteiger partial charge in [0.25, 0.3) is 0 Å². The van der Waals surface area contributed by atoms with Crippen LogP contribution in [0.4, 0.5) is 17.5 Å². The number of hydrogen-bond acceptors (Lipinski definition) is 7. The Labute approximate surface area is 153 Å². The van der Waals surface area contributed by atoms with E-state index in [2.05, 4.69) is 38.6 Å². The molecule has 0 saturated carbocycles. The Morgan fingerprint density at radius 2 is 2.04 bits per heavy atom. The first-order valence-electron chi connectivity index (χ1n) is 8.79. The van der Waals surface area contributed by atoms with Crippen molar-refractivity contribution in [2.45, 2.75) is 39.9 Å². The minimum atomic E-state index is 0.00823. The zero-order chi connectivity index (χ0) is 18.7. The molecule has 0 aliphatic heterocycles. The van der Waals surface area contributed by atoms with Crippen molar-refractivity contribution >= 4 is 28.6 Å². The highest BCUT2D eigenvalue weighted by molar-refractivity contribution is 5.84. The maximum atomic E-state index is 6.08. The second-order valence-electron chi connectivity index (χ2n) is 6.51. The molecule has 0 aliphatic carbocycles. The van der Waals surface area contributed by atoms with E-state index in [0.717, 1.165) is 29.0 Å². The summed E-state index contributed by atoms with van der Waals surface area (Å²) in [6, 6.07) is 6.00. The first-order valence-corrected chi connectivity index (χ1v) is 8.79. The van der Waals surface area contributed by atoms with Crippen molar-refractivity contribution < 1.29 is 0 Å². The average molecular weight is 354 g/mol. The molecule has 138 valence electrons. The van der Waals surface area contributed by atoms with Crippen LogP contribution in [0.15, 0.2) is 24.5 Å². The van der Waals surface area contributed by atoms with E-state index < -0.39 is 0 Å². The molecule has 1 unspecified atom stereocenters. The Bertz CT molecular complexity index is 900. The number of hydrogen-bond donors (Lipinski definition) is 4. The van der Waals surface area contributed by atoms with Crippen molar-refractivity contribution in [3.63, 3.8) is 0 Å². The third-order valence-electron chi connectivity index (χ3n) is 4.13. The first kappa shape index (κ1) is 17.9. The predicted octanol–water partition coefficient (Wildman–Crippen LogP) is 2.11. The van der Waals surface area contributed by atoms with Gasteiger partial charge < -0.3 is 26.7 Å². The van der Waals surface area contributed by atoms with Gasteiger partial charge in [-0.3, -0.25) is 0 Å². The van der Waals surface area contributed by atoms with Crippen molar-refractivity contribution in [3.05, 3.63) is 35.7 Å². The van der Waals surface area contributed by atoms with Crippen molar-refractivity contribution in [1.82, 2.24) is 19.5 Å². The highest BCUT2D eigenvalue weighted by Gasteiger charge is 2.13. The van der Waals surface area contributed by atoms with E-state index >= 15 is 0 Å². The number of fused-ring (bicyclic) bond motifs is 1. The van der Waals surface area contributed by atoms with Crippen LogP contribution in [0.1, 0.15) is 25.0 Å². The predicted molar refractivity (Wildman–Crippen MR) is 106 cm³/mol. The lowest BCUT2D eigenvalue weighted by atomic mass is 10.1. The number of benzene rings is 1. The van der Waals surface area contributed by atoms with Crippen LogP contribution in [-0.4, -0.2) is 32.1 Å². The van der Waals surface area contributed by atoms with E-state index in [4.69, 9.17) is 11.5 Å². The molecule has 0 radical (unpaired) electrons. The van der Waals surface area contributed by atoms with Crippen molar-refractivity contribution in [2.75, 3.05) is 22.9 Å². The summed E-state index contributed by atoms with van der Waals surface area (Å²) in [5.74, 6) is 1.21. The summed E-state index contributed by atoms with van der Waals surface area (Å²) in [6.45, 7) is 7.97. The molecule has 2 heterocycles. The molecule has 26 heavy (non-hydrogen) atoms. The SMILES string of the molecule is CCn1cnc2c(NCc3cc(C)ccc3N)nc(NCC(C)N)nc21. The minimum Gasteiger partial charge on any atom is -0.398 e. The van der Waals surface area contributed by atoms with Gasteiger partial charge in [0.05, 0.1) is 6.33 Å². The van der Waals surface area contributed by atoms with Crippen molar-refractivity contribution in [3.8, 4) is 0 Å². The van der Waals surface area contributed by atoms with E-state index in [-0.39, 0.29) is 6.04 Å². The highest BCUT2D eigenvalue weighted by Crippen LogP contribution is 2.22. The zero-order valence-electron chi connectivity index (χ0n) is 15.5. The monoisotopic (exact) mass is 354 g/mol. The third-order valence-corrected chi connectivity index (χ3v) is 4.13. The van der Waals surface area contributed by atoms with Gasteiger partial charge >= 0.3 is 0 Å². The summed E-state index contributed by atoms with van der Waals surface area (Å²) in [4.78, 5) is 13.6. The quantitative estimate of drug-likeness (QED) is 0.480. The molecule has 8 nitrogen and oxygen atoms in total. The van der Waals surface area contributed by atoms with Crippen LogP contribution < -0.4 is 22.1 Å². The molecule has 3 aromatic rings. The largest absolute Gasteiger partial charge is 0.398 e. The molecule has 2 aromatic heterocycles. The topological polar surface area (TPSA) is 120 Å². The number of nitrogens with one attached hydrogen (secondary N) is 2. The molecule has 0 spiro atoms. The number of nitrogen functional groups attached to an aromatic ring is 1. The van der Waals surface area contributed by atoms with Gasteiger partial charge in [0.2, 0.25) is 5.95 Å². The van der Waals surface area contributed by atoms with Crippen molar-refractivity contribution in [1.29, 1.82) is 0 Å². The summed E-state index contributed by atoms with van der Waals surface area (Å²) in [7, 11) is 0. The molecule has 6 N–H and O–H groups in total. The molecule has 1 aromatic carbocycles. The van der Waals surface area contributed by atoms with Gasteiger partial charge in [0.15, 0.2) is 17.0 Å². The normalized spacial score (nSPS) is 12.3. The fourth-order valence-electron chi connectivity index (χ4n) is 2.70. The minimum absolute atomic E-state index is 0.00823. The second kappa shape index (κ2) is 7.57. The Balaban J connectivity index is 1.92. The lowest BCUT2D eigenvalue weighted by Crippen LogP contribution is -2.26. The maximum Gasteiger partial charge on any atom is 0.226 e. The Hall–Kier alpha value is -2.87. The van der Waals surface area contributed by atoms with E-state index in [1.165, 1.54) is 5.56 Å². The van der Waals surface area contributed by atoms with E-state index in [9.17, 15) is 0 Å².